The van der Waals surface area contributed by atoms with E-state index in [1.165, 1.54) is 0 Å². The molecule has 0 aromatic heterocycles. The molecule has 58 valence electrons. The van der Waals surface area contributed by atoms with Crippen molar-refractivity contribution in [2.75, 3.05) is 13.2 Å². The van der Waals surface area contributed by atoms with E-state index in [4.69, 9.17) is 9.84 Å². The Morgan fingerprint density at radius 3 is 2.80 bits per heavy atom. The minimum Gasteiger partial charge on any atom is -0.480 e. The summed E-state index contributed by atoms with van der Waals surface area (Å²) in [5.74, 6) is -0.841. The number of rotatable bonds is 1. The van der Waals surface area contributed by atoms with Crippen LogP contribution in [0.25, 0.3) is 0 Å². The van der Waals surface area contributed by atoms with Crippen LogP contribution in [0.5, 0.6) is 0 Å². The highest BCUT2D eigenvalue weighted by Gasteiger charge is 2.23. The lowest BCUT2D eigenvalue weighted by atomic mass is 10.2. The monoisotopic (exact) mass is 145 g/mol. The lowest BCUT2D eigenvalue weighted by Crippen LogP contribution is -2.51. The maximum atomic E-state index is 10.4. The van der Waals surface area contributed by atoms with E-state index < -0.39 is 12.0 Å². The fourth-order valence-corrected chi connectivity index (χ4v) is 0.945. The van der Waals surface area contributed by atoms with E-state index in [2.05, 4.69) is 5.32 Å². The molecule has 1 aliphatic heterocycles. The summed E-state index contributed by atoms with van der Waals surface area (Å²) in [4.78, 5) is 10.4. The Hall–Kier alpha value is -0.610. The molecule has 0 spiro atoms. The molecule has 0 saturated carbocycles. The first-order valence-corrected chi connectivity index (χ1v) is 3.26. The Morgan fingerprint density at radius 2 is 2.40 bits per heavy atom. The van der Waals surface area contributed by atoms with Gasteiger partial charge in [-0.3, -0.25) is 10.1 Å². The van der Waals surface area contributed by atoms with Gasteiger partial charge in [0, 0.05) is 6.04 Å². The molecule has 0 radical (unpaired) electrons. The van der Waals surface area contributed by atoms with Crippen molar-refractivity contribution < 1.29 is 14.6 Å². The minimum atomic E-state index is -0.841. The van der Waals surface area contributed by atoms with E-state index in [1.54, 1.807) is 0 Å². The first-order chi connectivity index (χ1) is 4.70. The third kappa shape index (κ3) is 1.68. The molecule has 1 fully saturated rings. The van der Waals surface area contributed by atoms with Crippen LogP contribution in [0.1, 0.15) is 6.92 Å². The second-order valence-corrected chi connectivity index (χ2v) is 2.50. The SMILES string of the molecule is C[C@@H]1COC[C@@H](C(=O)O)N1. The second kappa shape index (κ2) is 2.98. The molecule has 1 aliphatic rings. The van der Waals surface area contributed by atoms with Crippen molar-refractivity contribution in [2.24, 2.45) is 0 Å². The molecule has 0 amide bonds. The van der Waals surface area contributed by atoms with Gasteiger partial charge in [-0.2, -0.15) is 0 Å². The van der Waals surface area contributed by atoms with Gasteiger partial charge in [0.05, 0.1) is 13.2 Å². The van der Waals surface area contributed by atoms with Gasteiger partial charge in [-0.15, -0.1) is 0 Å². The van der Waals surface area contributed by atoms with Gasteiger partial charge in [-0.25, -0.2) is 0 Å². The number of ether oxygens (including phenoxy) is 1. The van der Waals surface area contributed by atoms with Crippen LogP contribution >= 0.6 is 0 Å². The summed E-state index contributed by atoms with van der Waals surface area (Å²) in [7, 11) is 0. The number of carbonyl (C=O) groups is 1. The first kappa shape index (κ1) is 7.50. The standard InChI is InChI=1S/C6H11NO3/c1-4-2-10-3-5(7-4)6(8)9/h4-5,7H,2-3H2,1H3,(H,8,9)/t4-,5+/m1/s1. The van der Waals surface area contributed by atoms with Gasteiger partial charge in [-0.05, 0) is 6.92 Å². The summed E-state index contributed by atoms with van der Waals surface area (Å²) in [6, 6.07) is -0.376. The third-order valence-corrected chi connectivity index (χ3v) is 1.44. The summed E-state index contributed by atoms with van der Waals surface area (Å²) in [6.45, 7) is 2.78. The number of carboxylic acid groups (broad SMARTS) is 1. The summed E-state index contributed by atoms with van der Waals surface area (Å²) in [5, 5.41) is 11.4. The maximum absolute atomic E-state index is 10.4. The minimum absolute atomic E-state index is 0.148. The highest BCUT2D eigenvalue weighted by Crippen LogP contribution is 1.98. The molecular formula is C6H11NO3. The quantitative estimate of drug-likeness (QED) is 0.519. The number of hydrogen-bond acceptors (Lipinski definition) is 3. The van der Waals surface area contributed by atoms with Gasteiger partial charge in [-0.1, -0.05) is 0 Å². The molecule has 2 atom stereocenters. The largest absolute Gasteiger partial charge is 0.480 e. The zero-order valence-electron chi connectivity index (χ0n) is 5.83. The number of carboxylic acids is 1. The smallest absolute Gasteiger partial charge is 0.323 e. The molecular weight excluding hydrogens is 134 g/mol. The lowest BCUT2D eigenvalue weighted by molar-refractivity contribution is -0.143. The zero-order chi connectivity index (χ0) is 7.56. The summed E-state index contributed by atoms with van der Waals surface area (Å²) < 4.78 is 5.01. The topological polar surface area (TPSA) is 58.6 Å². The second-order valence-electron chi connectivity index (χ2n) is 2.50. The molecule has 1 rings (SSSR count). The first-order valence-electron chi connectivity index (χ1n) is 3.26. The van der Waals surface area contributed by atoms with Gasteiger partial charge in [0.2, 0.25) is 0 Å². The van der Waals surface area contributed by atoms with Crippen molar-refractivity contribution in [1.82, 2.24) is 5.32 Å². The summed E-state index contributed by atoms with van der Waals surface area (Å²) >= 11 is 0. The fraction of sp³-hybridized carbons (Fsp3) is 0.833. The van der Waals surface area contributed by atoms with Crippen LogP contribution in [0.2, 0.25) is 0 Å². The maximum Gasteiger partial charge on any atom is 0.323 e. The third-order valence-electron chi connectivity index (χ3n) is 1.44. The molecule has 10 heavy (non-hydrogen) atoms. The van der Waals surface area contributed by atoms with Crippen molar-refractivity contribution in [3.8, 4) is 0 Å². The average molecular weight is 145 g/mol. The van der Waals surface area contributed by atoms with Gasteiger partial charge in [0.15, 0.2) is 0 Å². The van der Waals surface area contributed by atoms with E-state index in [0.29, 0.717) is 6.61 Å². The van der Waals surface area contributed by atoms with E-state index in [9.17, 15) is 4.79 Å². The van der Waals surface area contributed by atoms with Crippen LogP contribution in [0.15, 0.2) is 0 Å². The average Bonchev–Trinajstić information content (AvgIpc) is 1.88. The Balaban J connectivity index is 2.39. The summed E-state index contributed by atoms with van der Waals surface area (Å²) in [6.07, 6.45) is 0. The number of hydrogen-bond donors (Lipinski definition) is 2. The molecule has 0 aromatic carbocycles. The highest BCUT2D eigenvalue weighted by molar-refractivity contribution is 5.73. The van der Waals surface area contributed by atoms with Gasteiger partial charge >= 0.3 is 5.97 Å². The Morgan fingerprint density at radius 1 is 1.70 bits per heavy atom. The zero-order valence-corrected chi connectivity index (χ0v) is 5.83. The van der Waals surface area contributed by atoms with E-state index in [-0.39, 0.29) is 12.6 Å². The van der Waals surface area contributed by atoms with Crippen LogP contribution < -0.4 is 5.32 Å². The van der Waals surface area contributed by atoms with Gasteiger partial charge in [0.25, 0.3) is 0 Å². The number of morpholine rings is 1. The predicted molar refractivity (Wildman–Crippen MR) is 34.8 cm³/mol. The Kier molecular flexibility index (Phi) is 2.24. The molecule has 0 aliphatic carbocycles. The normalized spacial score (nSPS) is 33.7. The van der Waals surface area contributed by atoms with Crippen LogP contribution in [0.4, 0.5) is 0 Å². The van der Waals surface area contributed by atoms with Crippen molar-refractivity contribution in [1.29, 1.82) is 0 Å². The molecule has 4 heteroatoms. The van der Waals surface area contributed by atoms with Gasteiger partial charge in [0.1, 0.15) is 6.04 Å². The fourth-order valence-electron chi connectivity index (χ4n) is 0.945. The van der Waals surface area contributed by atoms with E-state index >= 15 is 0 Å². The summed E-state index contributed by atoms with van der Waals surface area (Å²) in [5.41, 5.74) is 0. The van der Waals surface area contributed by atoms with Crippen LogP contribution in [0.3, 0.4) is 0 Å². The molecule has 0 bridgehead atoms. The van der Waals surface area contributed by atoms with Crippen molar-refractivity contribution in [3.05, 3.63) is 0 Å². The molecule has 1 heterocycles. The van der Waals surface area contributed by atoms with Crippen LogP contribution in [-0.2, 0) is 9.53 Å². The van der Waals surface area contributed by atoms with E-state index in [1.807, 2.05) is 6.92 Å². The van der Waals surface area contributed by atoms with Crippen molar-refractivity contribution in [2.45, 2.75) is 19.0 Å². The lowest BCUT2D eigenvalue weighted by Gasteiger charge is -2.25. The van der Waals surface area contributed by atoms with Crippen LogP contribution in [-0.4, -0.2) is 36.4 Å². The number of aliphatic carboxylic acids is 1. The molecule has 1 saturated heterocycles. The molecule has 0 aromatic rings. The highest BCUT2D eigenvalue weighted by atomic mass is 16.5. The Bertz CT molecular complexity index is 137. The predicted octanol–water partition coefficient (Wildman–Crippen LogP) is -0.552. The molecule has 2 N–H and O–H groups in total. The van der Waals surface area contributed by atoms with Crippen molar-refractivity contribution >= 4 is 5.97 Å². The Labute approximate surface area is 59.2 Å². The van der Waals surface area contributed by atoms with E-state index in [0.717, 1.165) is 0 Å². The van der Waals surface area contributed by atoms with Gasteiger partial charge < -0.3 is 9.84 Å². The molecule has 0 unspecified atom stereocenters. The van der Waals surface area contributed by atoms with Crippen molar-refractivity contribution in [3.63, 3.8) is 0 Å². The number of nitrogens with one attached hydrogen (secondary N) is 1. The molecule has 4 nitrogen and oxygen atoms in total. The van der Waals surface area contributed by atoms with Crippen LogP contribution in [0, 0.1) is 0 Å².